The molecule has 0 unspecified atom stereocenters. The van der Waals surface area contributed by atoms with E-state index >= 15 is 0 Å². The molecular formula is C22H34N6O5S. The molecule has 11 nitrogen and oxygen atoms in total. The summed E-state index contributed by atoms with van der Waals surface area (Å²) in [6.45, 7) is 6.38. The molecule has 7 atom stereocenters. The van der Waals surface area contributed by atoms with Crippen LogP contribution in [0.2, 0.25) is 0 Å². The van der Waals surface area contributed by atoms with Gasteiger partial charge in [-0.1, -0.05) is 6.92 Å². The zero-order valence-corrected chi connectivity index (χ0v) is 20.8. The molecule has 188 valence electrons. The lowest BCUT2D eigenvalue weighted by Crippen LogP contribution is -2.67. The van der Waals surface area contributed by atoms with E-state index in [1.54, 1.807) is 19.0 Å². The molecule has 4 heterocycles. The van der Waals surface area contributed by atoms with Crippen LogP contribution in [0.4, 0.5) is 0 Å². The lowest BCUT2D eigenvalue weighted by atomic mass is 9.78. The summed E-state index contributed by atoms with van der Waals surface area (Å²) in [6, 6.07) is -1.36. The highest BCUT2D eigenvalue weighted by molar-refractivity contribution is 8.03. The molecule has 0 aromatic heterocycles. The molecule has 0 aliphatic carbocycles. The van der Waals surface area contributed by atoms with Crippen molar-refractivity contribution in [1.29, 1.82) is 0 Å². The molecule has 3 saturated heterocycles. The van der Waals surface area contributed by atoms with Gasteiger partial charge in [0, 0.05) is 62.4 Å². The van der Waals surface area contributed by atoms with Gasteiger partial charge in [-0.15, -0.1) is 11.8 Å². The number of carbonyl (C=O) groups is 4. The van der Waals surface area contributed by atoms with Crippen molar-refractivity contribution >= 4 is 35.5 Å². The number of β-lactam (4-membered cyclic amide) rings is 1. The first-order chi connectivity index (χ1) is 16.1. The topological polar surface area (TPSA) is 143 Å². The van der Waals surface area contributed by atoms with Crippen LogP contribution in [-0.4, -0.2) is 108 Å². The predicted molar refractivity (Wildman–Crippen MR) is 127 cm³/mol. The Bertz CT molecular complexity index is 904. The molecule has 5 N–H and O–H groups in total. The van der Waals surface area contributed by atoms with Gasteiger partial charge in [0.05, 0.1) is 24.0 Å². The van der Waals surface area contributed by atoms with Gasteiger partial charge in [0.15, 0.2) is 0 Å². The first kappa shape index (κ1) is 25.0. The van der Waals surface area contributed by atoms with Crippen LogP contribution in [0.5, 0.6) is 0 Å². The van der Waals surface area contributed by atoms with Crippen molar-refractivity contribution in [3.8, 4) is 0 Å². The number of likely N-dealkylation sites (N-methyl/N-ethyl adjacent to an activating group) is 1. The Morgan fingerprint density at radius 2 is 1.91 bits per heavy atom. The maximum absolute atomic E-state index is 13.1. The maximum Gasteiger partial charge on any atom is 0.353 e. The molecule has 12 heteroatoms. The minimum absolute atomic E-state index is 0.00120. The Balaban J connectivity index is 1.44. The normalized spacial score (nSPS) is 33.9. The number of nitrogens with zero attached hydrogens (tertiary/aromatic N) is 2. The summed E-state index contributed by atoms with van der Waals surface area (Å²) in [5.41, 5.74) is 0.0443. The van der Waals surface area contributed by atoms with E-state index in [2.05, 4.69) is 21.3 Å². The van der Waals surface area contributed by atoms with E-state index < -0.39 is 17.9 Å². The molecule has 0 spiro atoms. The second kappa shape index (κ2) is 9.84. The molecule has 3 fully saturated rings. The van der Waals surface area contributed by atoms with E-state index in [4.69, 9.17) is 0 Å². The predicted octanol–water partition coefficient (Wildman–Crippen LogP) is -1.62. The molecular weight excluding hydrogens is 460 g/mol. The van der Waals surface area contributed by atoms with Gasteiger partial charge in [-0.2, -0.15) is 0 Å². The second-order valence-corrected chi connectivity index (χ2v) is 11.1. The fourth-order valence-corrected chi connectivity index (χ4v) is 6.90. The monoisotopic (exact) mass is 494 g/mol. The van der Waals surface area contributed by atoms with Crippen LogP contribution >= 0.6 is 11.8 Å². The van der Waals surface area contributed by atoms with Crippen molar-refractivity contribution in [1.82, 2.24) is 31.1 Å². The number of aliphatic carboxylic acids is 1. The first-order valence-corrected chi connectivity index (χ1v) is 12.7. The zero-order chi connectivity index (χ0) is 24.7. The number of rotatable bonds is 7. The number of hydrogen-bond donors (Lipinski definition) is 5. The molecule has 4 aliphatic heterocycles. The Hall–Kier alpha value is -2.15. The number of carbonyl (C=O) groups excluding carboxylic acids is 3. The Labute approximate surface area is 203 Å². The molecule has 4 aliphatic rings. The van der Waals surface area contributed by atoms with Crippen LogP contribution in [0.3, 0.4) is 0 Å². The van der Waals surface area contributed by atoms with Gasteiger partial charge in [-0.3, -0.25) is 14.4 Å². The number of thioether (sulfide) groups is 1. The molecule has 0 bridgehead atoms. The van der Waals surface area contributed by atoms with Crippen molar-refractivity contribution in [3.05, 3.63) is 10.6 Å². The van der Waals surface area contributed by atoms with Gasteiger partial charge < -0.3 is 36.2 Å². The van der Waals surface area contributed by atoms with Gasteiger partial charge in [0.2, 0.25) is 17.7 Å². The molecule has 0 radical (unpaired) electrons. The summed E-state index contributed by atoms with van der Waals surface area (Å²) < 4.78 is 0. The summed E-state index contributed by atoms with van der Waals surface area (Å²) in [5, 5.41) is 22.5. The van der Waals surface area contributed by atoms with E-state index in [1.165, 1.54) is 16.7 Å². The highest BCUT2D eigenvalue weighted by atomic mass is 32.2. The third kappa shape index (κ3) is 4.43. The molecule has 34 heavy (non-hydrogen) atoms. The molecule has 0 aromatic carbocycles. The maximum atomic E-state index is 13.1. The summed E-state index contributed by atoms with van der Waals surface area (Å²) in [7, 11) is 3.43. The van der Waals surface area contributed by atoms with Crippen molar-refractivity contribution in [2.75, 3.05) is 40.3 Å². The highest BCUT2D eigenvalue weighted by Gasteiger charge is 2.60. The van der Waals surface area contributed by atoms with E-state index in [0.717, 1.165) is 6.54 Å². The van der Waals surface area contributed by atoms with Crippen LogP contribution in [0.1, 0.15) is 20.3 Å². The fourth-order valence-electron chi connectivity index (χ4n) is 5.42. The number of hydrogen-bond acceptors (Lipinski definition) is 8. The van der Waals surface area contributed by atoms with Gasteiger partial charge in [0.1, 0.15) is 5.70 Å². The molecule has 3 amide bonds. The van der Waals surface area contributed by atoms with Crippen molar-refractivity contribution in [2.45, 2.75) is 49.7 Å². The van der Waals surface area contributed by atoms with Gasteiger partial charge in [0.25, 0.3) is 0 Å². The minimum Gasteiger partial charge on any atom is -0.477 e. The average molecular weight is 495 g/mol. The number of carboxylic acid groups (broad SMARTS) is 1. The van der Waals surface area contributed by atoms with Gasteiger partial charge in [-0.05, 0) is 13.3 Å². The fraction of sp³-hybridized carbons (Fsp3) is 0.727. The third-order valence-electron chi connectivity index (χ3n) is 7.18. The molecule has 0 saturated carbocycles. The highest BCUT2D eigenvalue weighted by Crippen LogP contribution is 2.51. The van der Waals surface area contributed by atoms with Gasteiger partial charge in [-0.25, -0.2) is 4.79 Å². The van der Waals surface area contributed by atoms with Crippen LogP contribution in [-0.2, 0) is 19.2 Å². The van der Waals surface area contributed by atoms with Crippen LogP contribution in [0.15, 0.2) is 10.6 Å². The summed E-state index contributed by atoms with van der Waals surface area (Å²) >= 11 is 1.46. The number of fused-ring (bicyclic) bond motifs is 1. The van der Waals surface area contributed by atoms with Crippen molar-refractivity contribution in [2.24, 2.45) is 11.8 Å². The van der Waals surface area contributed by atoms with E-state index in [9.17, 15) is 24.3 Å². The Kier molecular flexibility index (Phi) is 7.22. The first-order valence-electron chi connectivity index (χ1n) is 11.8. The lowest BCUT2D eigenvalue weighted by Gasteiger charge is -2.47. The van der Waals surface area contributed by atoms with Crippen molar-refractivity contribution < 1.29 is 24.3 Å². The summed E-state index contributed by atoms with van der Waals surface area (Å²) in [5.74, 6) is -2.20. The van der Waals surface area contributed by atoms with Crippen LogP contribution in [0, 0.1) is 11.8 Å². The van der Waals surface area contributed by atoms with E-state index in [1.807, 2.05) is 13.8 Å². The lowest BCUT2D eigenvalue weighted by molar-refractivity contribution is -0.158. The number of nitrogens with one attached hydrogen (secondary N) is 4. The second-order valence-electron chi connectivity index (χ2n) is 9.71. The van der Waals surface area contributed by atoms with E-state index in [-0.39, 0.29) is 52.7 Å². The van der Waals surface area contributed by atoms with Gasteiger partial charge >= 0.3 is 5.97 Å². The third-order valence-corrected chi connectivity index (χ3v) is 8.69. The largest absolute Gasteiger partial charge is 0.477 e. The molecule has 0 aromatic rings. The smallest absolute Gasteiger partial charge is 0.353 e. The quantitative estimate of drug-likeness (QED) is 0.264. The number of piperazine rings is 1. The summed E-state index contributed by atoms with van der Waals surface area (Å²) in [4.78, 5) is 53.8. The zero-order valence-electron chi connectivity index (χ0n) is 20.0. The summed E-state index contributed by atoms with van der Waals surface area (Å²) in [6.07, 6.45) is 0.599. The number of carboxylic acids is 1. The molecule has 4 rings (SSSR count). The minimum atomic E-state index is -1.12. The Morgan fingerprint density at radius 3 is 2.53 bits per heavy atom. The van der Waals surface area contributed by atoms with E-state index in [0.29, 0.717) is 31.0 Å². The average Bonchev–Trinajstić information content (AvgIpc) is 3.35. The Morgan fingerprint density at radius 1 is 1.18 bits per heavy atom. The number of amides is 3. The standard InChI is InChI=1S/C22H34N6O5S/c1-10-16-15(11(2)26-19(29)14-9-23-5-6-24-14)21(31)28(16)17(22(32)33)18(10)34-12-7-13(25-8-12)20(30)27(3)4/h10-16,23-25H,5-9H2,1-4H3,(H,26,29)(H,32,33)/t10-,11-,12+,13+,14-,15-,16+/m1/s1. The van der Waals surface area contributed by atoms with Crippen LogP contribution in [0.25, 0.3) is 0 Å². The van der Waals surface area contributed by atoms with Crippen molar-refractivity contribution in [3.63, 3.8) is 0 Å². The SMILES string of the molecule is C[C@@H](NC(=O)[C@H]1CNCCN1)[C@H]1C(=O)N2C(C(=O)O)=C(S[C@@H]3CN[C@H](C(=O)N(C)C)C3)[C@H](C)[C@@H]12. The van der Waals surface area contributed by atoms with Crippen LogP contribution < -0.4 is 21.3 Å².